The number of ether oxygens (including phenoxy) is 1. The predicted octanol–water partition coefficient (Wildman–Crippen LogP) is 4.06. The maximum Gasteiger partial charge on any atom is 0.387 e. The lowest BCUT2D eigenvalue weighted by Gasteiger charge is -2.08. The van der Waals surface area contributed by atoms with E-state index in [1.165, 1.54) is 12.1 Å². The van der Waals surface area contributed by atoms with Gasteiger partial charge in [0.2, 0.25) is 0 Å². The van der Waals surface area contributed by atoms with Crippen molar-refractivity contribution in [1.29, 1.82) is 0 Å². The average molecular weight is 385 g/mol. The normalized spacial score (nSPS) is 10.9. The van der Waals surface area contributed by atoms with E-state index in [9.17, 15) is 13.6 Å². The molecule has 0 aliphatic heterocycles. The van der Waals surface area contributed by atoms with Crippen molar-refractivity contribution in [3.63, 3.8) is 0 Å². The number of aromatic nitrogens is 2. The van der Waals surface area contributed by atoms with Crippen molar-refractivity contribution < 1.29 is 18.3 Å². The van der Waals surface area contributed by atoms with Crippen LogP contribution >= 0.6 is 0 Å². The maximum atomic E-state index is 12.5. The van der Waals surface area contributed by atoms with Gasteiger partial charge in [0.15, 0.2) is 0 Å². The van der Waals surface area contributed by atoms with Gasteiger partial charge in [0, 0.05) is 6.54 Å². The van der Waals surface area contributed by atoms with Crippen LogP contribution in [0, 0.1) is 13.8 Å². The number of nitrogens with one attached hydrogen (secondary N) is 1. The number of halogens is 2. The van der Waals surface area contributed by atoms with Crippen LogP contribution in [0.25, 0.3) is 5.69 Å². The lowest BCUT2D eigenvalue weighted by molar-refractivity contribution is -0.0498. The Balaban J connectivity index is 1.58. The van der Waals surface area contributed by atoms with Crippen LogP contribution in [0.15, 0.2) is 54.7 Å². The van der Waals surface area contributed by atoms with E-state index >= 15 is 0 Å². The van der Waals surface area contributed by atoms with E-state index in [0.29, 0.717) is 18.5 Å². The van der Waals surface area contributed by atoms with Crippen LogP contribution in [0.3, 0.4) is 0 Å². The summed E-state index contributed by atoms with van der Waals surface area (Å²) < 4.78 is 30.4. The zero-order valence-corrected chi connectivity index (χ0v) is 15.7. The lowest BCUT2D eigenvalue weighted by Crippen LogP contribution is -2.26. The minimum Gasteiger partial charge on any atom is -0.435 e. The molecule has 1 amide bonds. The highest BCUT2D eigenvalue weighted by atomic mass is 19.3. The summed E-state index contributed by atoms with van der Waals surface area (Å²) in [5.41, 5.74) is 4.21. The molecule has 3 aromatic rings. The number of carbonyl (C=O) groups is 1. The predicted molar refractivity (Wildman–Crippen MR) is 102 cm³/mol. The molecule has 0 bridgehead atoms. The molecule has 146 valence electrons. The van der Waals surface area contributed by atoms with Crippen molar-refractivity contribution >= 4 is 5.91 Å². The van der Waals surface area contributed by atoms with Crippen LogP contribution in [-0.2, 0) is 6.42 Å². The highest BCUT2D eigenvalue weighted by molar-refractivity contribution is 5.95. The van der Waals surface area contributed by atoms with Gasteiger partial charge in [-0.05, 0) is 55.7 Å². The molecule has 2 aromatic carbocycles. The molecule has 0 saturated heterocycles. The summed E-state index contributed by atoms with van der Waals surface area (Å²) in [5, 5.41) is 7.20. The van der Waals surface area contributed by atoms with Crippen LogP contribution in [0.5, 0.6) is 5.75 Å². The largest absolute Gasteiger partial charge is 0.435 e. The summed E-state index contributed by atoms with van der Waals surface area (Å²) in [5.74, 6) is -0.0870. The first-order valence-corrected chi connectivity index (χ1v) is 8.87. The second-order valence-corrected chi connectivity index (χ2v) is 6.42. The number of alkyl halides is 2. The van der Waals surface area contributed by atoms with Gasteiger partial charge in [-0.15, -0.1) is 0 Å². The van der Waals surface area contributed by atoms with Crippen molar-refractivity contribution in [1.82, 2.24) is 15.1 Å². The number of hydrogen-bond donors (Lipinski definition) is 1. The summed E-state index contributed by atoms with van der Waals surface area (Å²) in [7, 11) is 0. The zero-order valence-electron chi connectivity index (χ0n) is 15.7. The van der Waals surface area contributed by atoms with E-state index in [2.05, 4.69) is 15.2 Å². The minimum absolute atomic E-state index is 0.113. The fraction of sp³-hybridized carbons (Fsp3) is 0.238. The van der Waals surface area contributed by atoms with E-state index in [4.69, 9.17) is 0 Å². The van der Waals surface area contributed by atoms with Crippen LogP contribution in [0.1, 0.15) is 27.2 Å². The van der Waals surface area contributed by atoms with E-state index < -0.39 is 6.61 Å². The highest BCUT2D eigenvalue weighted by Crippen LogP contribution is 2.16. The van der Waals surface area contributed by atoms with Gasteiger partial charge in [0.05, 0.1) is 23.1 Å². The second-order valence-electron chi connectivity index (χ2n) is 6.42. The van der Waals surface area contributed by atoms with Gasteiger partial charge >= 0.3 is 6.61 Å². The Morgan fingerprint density at radius 3 is 2.61 bits per heavy atom. The minimum atomic E-state index is -2.84. The highest BCUT2D eigenvalue weighted by Gasteiger charge is 2.15. The number of nitrogens with zero attached hydrogens (tertiary/aromatic N) is 2. The molecule has 5 nitrogen and oxygen atoms in total. The van der Waals surface area contributed by atoms with E-state index in [-0.39, 0.29) is 11.7 Å². The third-order valence-corrected chi connectivity index (χ3v) is 4.35. The van der Waals surface area contributed by atoms with Crippen LogP contribution in [0.2, 0.25) is 0 Å². The first-order valence-electron chi connectivity index (χ1n) is 8.87. The molecule has 0 unspecified atom stereocenters. The standard InChI is InChI=1S/C21H21F2N3O2/c1-14-4-3-5-17(12-14)26-15(2)19(13-25-26)20(27)24-11-10-16-6-8-18(9-7-16)28-21(22)23/h3-9,12-13,21H,10-11H2,1-2H3,(H,24,27). The summed E-state index contributed by atoms with van der Waals surface area (Å²) in [4.78, 5) is 12.5. The summed E-state index contributed by atoms with van der Waals surface area (Å²) in [6, 6.07) is 14.3. The van der Waals surface area contributed by atoms with Crippen LogP contribution < -0.4 is 10.1 Å². The molecule has 0 spiro atoms. The first kappa shape index (κ1) is 19.5. The number of amides is 1. The van der Waals surface area contributed by atoms with Crippen LogP contribution in [0.4, 0.5) is 8.78 Å². The Morgan fingerprint density at radius 1 is 1.18 bits per heavy atom. The third kappa shape index (κ3) is 4.73. The molecule has 1 heterocycles. The van der Waals surface area contributed by atoms with Gasteiger partial charge in [0.1, 0.15) is 5.75 Å². The first-order chi connectivity index (χ1) is 13.4. The van der Waals surface area contributed by atoms with Gasteiger partial charge in [-0.1, -0.05) is 24.3 Å². The molecule has 3 rings (SSSR count). The Hall–Kier alpha value is -3.22. The molecule has 1 aromatic heterocycles. The maximum absolute atomic E-state index is 12.5. The van der Waals surface area contributed by atoms with Crippen LogP contribution in [-0.4, -0.2) is 28.8 Å². The molecule has 7 heteroatoms. The quantitative estimate of drug-likeness (QED) is 0.667. The summed E-state index contributed by atoms with van der Waals surface area (Å²) >= 11 is 0. The molecule has 0 radical (unpaired) electrons. The third-order valence-electron chi connectivity index (χ3n) is 4.35. The topological polar surface area (TPSA) is 56.2 Å². The van der Waals surface area contributed by atoms with Gasteiger partial charge in [-0.3, -0.25) is 4.79 Å². The SMILES string of the molecule is Cc1cccc(-n2ncc(C(=O)NCCc3ccc(OC(F)F)cc3)c2C)c1. The van der Waals surface area contributed by atoms with Crippen molar-refractivity contribution in [3.05, 3.63) is 77.1 Å². The average Bonchev–Trinajstić information content (AvgIpc) is 3.04. The molecule has 0 saturated carbocycles. The molecule has 1 N–H and O–H groups in total. The lowest BCUT2D eigenvalue weighted by atomic mass is 10.1. The van der Waals surface area contributed by atoms with Gasteiger partial charge in [0.25, 0.3) is 5.91 Å². The number of carbonyl (C=O) groups excluding carboxylic acids is 1. The van der Waals surface area contributed by atoms with E-state index in [1.54, 1.807) is 23.0 Å². The Morgan fingerprint density at radius 2 is 1.93 bits per heavy atom. The molecule has 0 aliphatic carbocycles. The summed E-state index contributed by atoms with van der Waals surface area (Å²) in [6.07, 6.45) is 2.13. The zero-order chi connectivity index (χ0) is 20.1. The van der Waals surface area contributed by atoms with Crippen molar-refractivity contribution in [2.75, 3.05) is 6.54 Å². The fourth-order valence-electron chi connectivity index (χ4n) is 2.91. The molecular formula is C21H21F2N3O2. The number of hydrogen-bond acceptors (Lipinski definition) is 3. The van der Waals surface area contributed by atoms with Crippen molar-refractivity contribution in [2.24, 2.45) is 0 Å². The Kier molecular flexibility index (Phi) is 6.03. The second kappa shape index (κ2) is 8.65. The number of benzene rings is 2. The fourth-order valence-corrected chi connectivity index (χ4v) is 2.91. The molecule has 0 fully saturated rings. The van der Waals surface area contributed by atoms with Gasteiger partial charge in [-0.2, -0.15) is 13.9 Å². The molecule has 0 atom stereocenters. The van der Waals surface area contributed by atoms with Crippen molar-refractivity contribution in [3.8, 4) is 11.4 Å². The molecule has 28 heavy (non-hydrogen) atoms. The Bertz CT molecular complexity index is 953. The van der Waals surface area contributed by atoms with E-state index in [1.807, 2.05) is 38.1 Å². The monoisotopic (exact) mass is 385 g/mol. The molecule has 0 aliphatic rings. The summed E-state index contributed by atoms with van der Waals surface area (Å²) in [6.45, 7) is 1.44. The molecular weight excluding hydrogens is 364 g/mol. The Labute approximate surface area is 161 Å². The number of aryl methyl sites for hydroxylation is 1. The van der Waals surface area contributed by atoms with Crippen molar-refractivity contribution in [2.45, 2.75) is 26.9 Å². The van der Waals surface area contributed by atoms with Gasteiger partial charge < -0.3 is 10.1 Å². The van der Waals surface area contributed by atoms with E-state index in [0.717, 1.165) is 22.5 Å². The smallest absolute Gasteiger partial charge is 0.387 e. The van der Waals surface area contributed by atoms with Gasteiger partial charge in [-0.25, -0.2) is 4.68 Å². The number of rotatable bonds is 7.